The van der Waals surface area contributed by atoms with Crippen molar-refractivity contribution >= 4 is 0 Å². The van der Waals surface area contributed by atoms with Gasteiger partial charge in [0.15, 0.2) is 11.5 Å². The number of hydrogen-bond donors (Lipinski definition) is 1. The second-order valence-corrected chi connectivity index (χ2v) is 4.52. The zero-order chi connectivity index (χ0) is 13.4. The van der Waals surface area contributed by atoms with Gasteiger partial charge < -0.3 is 14.8 Å². The van der Waals surface area contributed by atoms with E-state index in [1.165, 1.54) is 0 Å². The maximum atomic E-state index is 5.89. The van der Waals surface area contributed by atoms with Crippen LogP contribution in [0.25, 0.3) is 0 Å². The Morgan fingerprint density at radius 1 is 1.22 bits per heavy atom. The number of rotatable bonds is 8. The van der Waals surface area contributed by atoms with Gasteiger partial charge in [0.1, 0.15) is 0 Å². The molecule has 0 spiro atoms. The zero-order valence-corrected chi connectivity index (χ0v) is 12.0. The van der Waals surface area contributed by atoms with E-state index in [1.807, 2.05) is 32.9 Å². The number of para-hydroxylation sites is 1. The van der Waals surface area contributed by atoms with Crippen LogP contribution in [0, 0.1) is 0 Å². The lowest BCUT2D eigenvalue weighted by molar-refractivity contribution is 0.221. The van der Waals surface area contributed by atoms with Crippen LogP contribution in [-0.2, 0) is 6.54 Å². The molecule has 0 saturated carbocycles. The predicted octanol–water partition coefficient (Wildman–Crippen LogP) is 3.37. The molecule has 1 rings (SSSR count). The summed E-state index contributed by atoms with van der Waals surface area (Å²) >= 11 is 0. The summed E-state index contributed by atoms with van der Waals surface area (Å²) in [6.45, 7) is 10.7. The quantitative estimate of drug-likeness (QED) is 0.719. The van der Waals surface area contributed by atoms with Crippen LogP contribution in [0.4, 0.5) is 0 Å². The van der Waals surface area contributed by atoms with Crippen molar-refractivity contribution < 1.29 is 9.47 Å². The van der Waals surface area contributed by atoms with Crippen LogP contribution in [0.1, 0.15) is 39.7 Å². The van der Waals surface area contributed by atoms with E-state index in [-0.39, 0.29) is 6.10 Å². The van der Waals surface area contributed by atoms with Gasteiger partial charge in [-0.15, -0.1) is 0 Å². The van der Waals surface area contributed by atoms with Crippen LogP contribution in [0.2, 0.25) is 0 Å². The van der Waals surface area contributed by atoms with Crippen molar-refractivity contribution in [3.8, 4) is 11.5 Å². The van der Waals surface area contributed by atoms with Crippen LogP contribution in [0.5, 0.6) is 11.5 Å². The largest absolute Gasteiger partial charge is 0.490 e. The van der Waals surface area contributed by atoms with Crippen LogP contribution >= 0.6 is 0 Å². The van der Waals surface area contributed by atoms with Crippen LogP contribution in [0.15, 0.2) is 18.2 Å². The molecule has 18 heavy (non-hydrogen) atoms. The van der Waals surface area contributed by atoms with E-state index in [0.717, 1.165) is 36.6 Å². The minimum absolute atomic E-state index is 0.150. The average molecular weight is 251 g/mol. The molecule has 0 atom stereocenters. The smallest absolute Gasteiger partial charge is 0.166 e. The molecule has 3 heteroatoms. The highest BCUT2D eigenvalue weighted by molar-refractivity contribution is 5.46. The minimum Gasteiger partial charge on any atom is -0.490 e. The number of benzene rings is 1. The highest BCUT2D eigenvalue weighted by Crippen LogP contribution is 2.32. The first kappa shape index (κ1) is 14.8. The van der Waals surface area contributed by atoms with Crippen LogP contribution < -0.4 is 14.8 Å². The van der Waals surface area contributed by atoms with E-state index < -0.39 is 0 Å². The van der Waals surface area contributed by atoms with Gasteiger partial charge in [-0.2, -0.15) is 0 Å². The topological polar surface area (TPSA) is 30.5 Å². The van der Waals surface area contributed by atoms with Gasteiger partial charge in [-0.25, -0.2) is 0 Å². The lowest BCUT2D eigenvalue weighted by Crippen LogP contribution is -2.16. The van der Waals surface area contributed by atoms with Gasteiger partial charge in [0.05, 0.1) is 12.7 Å². The molecular formula is C15H25NO2. The summed E-state index contributed by atoms with van der Waals surface area (Å²) < 4.78 is 11.5. The Balaban J connectivity index is 2.88. The third-order valence-corrected chi connectivity index (χ3v) is 2.46. The Labute approximate surface area is 110 Å². The standard InChI is InChI=1S/C15H25NO2/c1-5-10-16-11-13-8-7-9-14(17-6-2)15(13)18-12(3)4/h7-9,12,16H,5-6,10-11H2,1-4H3. The first-order valence-corrected chi connectivity index (χ1v) is 6.81. The van der Waals surface area contributed by atoms with Crippen LogP contribution in [-0.4, -0.2) is 19.3 Å². The molecule has 102 valence electrons. The summed E-state index contributed by atoms with van der Waals surface area (Å²) in [7, 11) is 0. The second-order valence-electron chi connectivity index (χ2n) is 4.52. The summed E-state index contributed by atoms with van der Waals surface area (Å²) in [6.07, 6.45) is 1.28. The number of hydrogen-bond acceptors (Lipinski definition) is 3. The minimum atomic E-state index is 0.150. The molecule has 0 heterocycles. The molecule has 0 fully saturated rings. The molecule has 0 unspecified atom stereocenters. The van der Waals surface area contributed by atoms with Crippen molar-refractivity contribution in [1.29, 1.82) is 0 Å². The van der Waals surface area contributed by atoms with Crippen molar-refractivity contribution in [2.45, 2.75) is 46.8 Å². The third-order valence-electron chi connectivity index (χ3n) is 2.46. The van der Waals surface area contributed by atoms with E-state index in [1.54, 1.807) is 0 Å². The molecule has 0 aliphatic heterocycles. The summed E-state index contributed by atoms with van der Waals surface area (Å²) in [6, 6.07) is 6.06. The molecule has 0 aliphatic carbocycles. The maximum absolute atomic E-state index is 5.89. The van der Waals surface area contributed by atoms with Crippen molar-refractivity contribution in [3.63, 3.8) is 0 Å². The average Bonchev–Trinajstić information content (AvgIpc) is 2.33. The molecule has 1 aromatic carbocycles. The van der Waals surface area contributed by atoms with Crippen LogP contribution in [0.3, 0.4) is 0 Å². The van der Waals surface area contributed by atoms with Gasteiger partial charge in [-0.05, 0) is 39.8 Å². The normalized spacial score (nSPS) is 10.7. The fraction of sp³-hybridized carbons (Fsp3) is 0.600. The molecule has 1 aromatic rings. The lowest BCUT2D eigenvalue weighted by atomic mass is 10.1. The SMILES string of the molecule is CCCNCc1cccc(OCC)c1OC(C)C. The van der Waals surface area contributed by atoms with Crippen molar-refractivity contribution in [2.75, 3.05) is 13.2 Å². The van der Waals surface area contributed by atoms with Gasteiger partial charge >= 0.3 is 0 Å². The maximum Gasteiger partial charge on any atom is 0.166 e. The number of nitrogens with one attached hydrogen (secondary N) is 1. The number of ether oxygens (including phenoxy) is 2. The van der Waals surface area contributed by atoms with Crippen molar-refractivity contribution in [3.05, 3.63) is 23.8 Å². The van der Waals surface area contributed by atoms with E-state index in [9.17, 15) is 0 Å². The highest BCUT2D eigenvalue weighted by Gasteiger charge is 2.12. The predicted molar refractivity (Wildman–Crippen MR) is 75.4 cm³/mol. The molecule has 0 amide bonds. The monoisotopic (exact) mass is 251 g/mol. The molecule has 0 saturated heterocycles. The molecule has 0 aliphatic rings. The third kappa shape index (κ3) is 4.57. The Hall–Kier alpha value is -1.22. The molecule has 1 N–H and O–H groups in total. The van der Waals surface area contributed by atoms with Gasteiger partial charge in [0, 0.05) is 12.1 Å². The van der Waals surface area contributed by atoms with Gasteiger partial charge in [-0.3, -0.25) is 0 Å². The first-order chi connectivity index (χ1) is 8.69. The Morgan fingerprint density at radius 3 is 2.61 bits per heavy atom. The first-order valence-electron chi connectivity index (χ1n) is 6.81. The van der Waals surface area contributed by atoms with Crippen molar-refractivity contribution in [2.24, 2.45) is 0 Å². The molecule has 3 nitrogen and oxygen atoms in total. The van der Waals surface area contributed by atoms with Gasteiger partial charge in [-0.1, -0.05) is 19.1 Å². The van der Waals surface area contributed by atoms with E-state index in [0.29, 0.717) is 6.61 Å². The van der Waals surface area contributed by atoms with Gasteiger partial charge in [0.2, 0.25) is 0 Å². The van der Waals surface area contributed by atoms with E-state index in [2.05, 4.69) is 18.3 Å². The Morgan fingerprint density at radius 2 is 2.00 bits per heavy atom. The lowest BCUT2D eigenvalue weighted by Gasteiger charge is -2.18. The molecule has 0 radical (unpaired) electrons. The molecule has 0 bridgehead atoms. The summed E-state index contributed by atoms with van der Waals surface area (Å²) in [4.78, 5) is 0. The van der Waals surface area contributed by atoms with Gasteiger partial charge in [0.25, 0.3) is 0 Å². The summed E-state index contributed by atoms with van der Waals surface area (Å²) in [5.41, 5.74) is 1.16. The van der Waals surface area contributed by atoms with Crippen molar-refractivity contribution in [1.82, 2.24) is 5.32 Å². The fourth-order valence-corrected chi connectivity index (χ4v) is 1.74. The Bertz CT molecular complexity index is 350. The Kier molecular flexibility index (Phi) is 6.58. The summed E-state index contributed by atoms with van der Waals surface area (Å²) in [5.74, 6) is 1.71. The molecular weight excluding hydrogens is 226 g/mol. The van der Waals surface area contributed by atoms with E-state index in [4.69, 9.17) is 9.47 Å². The fourth-order valence-electron chi connectivity index (χ4n) is 1.74. The summed E-state index contributed by atoms with van der Waals surface area (Å²) in [5, 5.41) is 3.40. The highest BCUT2D eigenvalue weighted by atomic mass is 16.5. The molecule has 0 aromatic heterocycles. The zero-order valence-electron chi connectivity index (χ0n) is 12.0. The second kappa shape index (κ2) is 7.98. The van der Waals surface area contributed by atoms with E-state index >= 15 is 0 Å².